The molecular formula is C22H20N2O3S. The second-order valence-electron chi connectivity index (χ2n) is 6.19. The van der Waals surface area contributed by atoms with Crippen LogP contribution in [0.25, 0.3) is 22.3 Å². The van der Waals surface area contributed by atoms with Crippen molar-refractivity contribution in [1.29, 1.82) is 5.26 Å². The van der Waals surface area contributed by atoms with Crippen LogP contribution in [0.3, 0.4) is 0 Å². The van der Waals surface area contributed by atoms with Gasteiger partial charge in [0.1, 0.15) is 23.6 Å². The van der Waals surface area contributed by atoms with Crippen LogP contribution in [0.5, 0.6) is 0 Å². The number of aromatic nitrogens is 1. The Labute approximate surface area is 167 Å². The zero-order chi connectivity index (χ0) is 20.3. The van der Waals surface area contributed by atoms with Gasteiger partial charge in [-0.3, -0.25) is 4.57 Å². The molecule has 0 saturated heterocycles. The van der Waals surface area contributed by atoms with E-state index in [-0.39, 0.29) is 17.9 Å². The fourth-order valence-corrected chi connectivity index (χ4v) is 4.19. The first-order valence-corrected chi connectivity index (χ1v) is 10.3. The third kappa shape index (κ3) is 3.55. The summed E-state index contributed by atoms with van der Waals surface area (Å²) in [6.07, 6.45) is 1.49. The molecule has 1 aromatic heterocycles. The molecule has 0 aliphatic rings. The number of hydrogen-bond acceptors (Lipinski definition) is 4. The van der Waals surface area contributed by atoms with Crippen LogP contribution in [0, 0.1) is 11.3 Å². The van der Waals surface area contributed by atoms with Crippen LogP contribution in [-0.2, 0) is 23.0 Å². The van der Waals surface area contributed by atoms with Gasteiger partial charge in [-0.15, -0.1) is 0 Å². The highest BCUT2D eigenvalue weighted by atomic mass is 32.2. The van der Waals surface area contributed by atoms with E-state index in [1.54, 1.807) is 14.0 Å². The minimum atomic E-state index is -1.44. The first kappa shape index (κ1) is 19.7. The first-order valence-electron chi connectivity index (χ1n) is 8.78. The van der Waals surface area contributed by atoms with Crippen molar-refractivity contribution in [3.05, 3.63) is 65.9 Å². The second kappa shape index (κ2) is 8.34. The van der Waals surface area contributed by atoms with Crippen LogP contribution in [0.4, 0.5) is 0 Å². The van der Waals surface area contributed by atoms with Gasteiger partial charge in [-0.1, -0.05) is 54.6 Å². The van der Waals surface area contributed by atoms with Crippen LogP contribution >= 0.6 is 0 Å². The molecule has 1 heterocycles. The monoisotopic (exact) mass is 392 g/mol. The molecule has 1 unspecified atom stereocenters. The van der Waals surface area contributed by atoms with E-state index in [2.05, 4.69) is 6.07 Å². The predicted octanol–water partition coefficient (Wildman–Crippen LogP) is 4.14. The summed E-state index contributed by atoms with van der Waals surface area (Å²) >= 11 is -1.44. The molecule has 2 aromatic carbocycles. The van der Waals surface area contributed by atoms with Crippen LogP contribution in [0.1, 0.15) is 23.0 Å². The summed E-state index contributed by atoms with van der Waals surface area (Å²) in [5, 5.41) is 10.1. The molecule has 142 valence electrons. The van der Waals surface area contributed by atoms with Gasteiger partial charge in [-0.2, -0.15) is 5.26 Å². The lowest BCUT2D eigenvalue weighted by atomic mass is 9.98. The van der Waals surface area contributed by atoms with Gasteiger partial charge < -0.3 is 9.29 Å². The number of hydrogen-bond donors (Lipinski definition) is 0. The first-order chi connectivity index (χ1) is 13.5. The molecule has 0 N–H and O–H groups in total. The summed E-state index contributed by atoms with van der Waals surface area (Å²) in [6.45, 7) is 1.93. The molecule has 0 saturated carbocycles. The number of esters is 1. The molecule has 0 spiro atoms. The molecule has 0 amide bonds. The summed E-state index contributed by atoms with van der Waals surface area (Å²) < 4.78 is 18.9. The molecule has 6 heteroatoms. The molecule has 0 aliphatic carbocycles. The Morgan fingerprint density at radius 3 is 2.21 bits per heavy atom. The van der Waals surface area contributed by atoms with Crippen molar-refractivity contribution in [2.75, 3.05) is 12.9 Å². The molecular weight excluding hydrogens is 372 g/mol. The number of ether oxygens (including phenoxy) is 1. The summed E-state index contributed by atoms with van der Waals surface area (Å²) in [5.41, 5.74) is 3.72. The molecule has 3 rings (SSSR count). The van der Waals surface area contributed by atoms with Gasteiger partial charge in [0.15, 0.2) is 0 Å². The molecule has 0 bridgehead atoms. The van der Waals surface area contributed by atoms with Gasteiger partial charge in [0.05, 0.1) is 6.61 Å². The average Bonchev–Trinajstić information content (AvgIpc) is 3.01. The van der Waals surface area contributed by atoms with E-state index >= 15 is 0 Å². The van der Waals surface area contributed by atoms with Gasteiger partial charge in [0.2, 0.25) is 5.03 Å². The van der Waals surface area contributed by atoms with E-state index in [1.165, 1.54) is 10.8 Å². The summed E-state index contributed by atoms with van der Waals surface area (Å²) in [5.74, 6) is -0.541. The maximum absolute atomic E-state index is 12.6. The number of nitriles is 1. The van der Waals surface area contributed by atoms with Crippen molar-refractivity contribution in [3.8, 4) is 28.3 Å². The van der Waals surface area contributed by atoms with E-state index < -0.39 is 17.1 Å². The van der Waals surface area contributed by atoms with Crippen LogP contribution in [0.2, 0.25) is 0 Å². The van der Waals surface area contributed by atoms with E-state index in [0.717, 1.165) is 11.1 Å². The highest BCUT2D eigenvalue weighted by Gasteiger charge is 2.32. The normalized spacial score (nSPS) is 11.7. The van der Waals surface area contributed by atoms with Gasteiger partial charge in [0, 0.05) is 23.8 Å². The summed E-state index contributed by atoms with van der Waals surface area (Å²) in [4.78, 5) is 12.6. The van der Waals surface area contributed by atoms with Gasteiger partial charge in [-0.25, -0.2) is 4.79 Å². The fraction of sp³-hybridized carbons (Fsp3) is 0.182. The predicted molar refractivity (Wildman–Crippen MR) is 109 cm³/mol. The van der Waals surface area contributed by atoms with Crippen molar-refractivity contribution in [2.45, 2.75) is 11.9 Å². The van der Waals surface area contributed by atoms with Gasteiger partial charge in [0.25, 0.3) is 0 Å². The second-order valence-corrected chi connectivity index (χ2v) is 7.49. The molecule has 28 heavy (non-hydrogen) atoms. The largest absolute Gasteiger partial charge is 0.610 e. The SMILES string of the molecule is CCOC(=O)c1c(-c2ccc(-c3ccccc3)cc2)c(C#N)c([S+](C)[O-])n1C. The van der Waals surface area contributed by atoms with Crippen LogP contribution in [-0.4, -0.2) is 28.0 Å². The Morgan fingerprint density at radius 2 is 1.68 bits per heavy atom. The van der Waals surface area contributed by atoms with Crippen molar-refractivity contribution in [1.82, 2.24) is 4.57 Å². The zero-order valence-electron chi connectivity index (χ0n) is 15.9. The highest BCUT2D eigenvalue weighted by Crippen LogP contribution is 2.35. The fourth-order valence-electron chi connectivity index (χ4n) is 3.28. The third-order valence-electron chi connectivity index (χ3n) is 4.47. The van der Waals surface area contributed by atoms with Gasteiger partial charge >= 0.3 is 5.97 Å². The Morgan fingerprint density at radius 1 is 1.11 bits per heavy atom. The van der Waals surface area contributed by atoms with E-state index in [1.807, 2.05) is 54.6 Å². The smallest absolute Gasteiger partial charge is 0.355 e. The molecule has 0 radical (unpaired) electrons. The maximum Gasteiger partial charge on any atom is 0.355 e. The number of nitrogens with zero attached hydrogens (tertiary/aromatic N) is 2. The Balaban J connectivity index is 2.19. The molecule has 0 fully saturated rings. The Hall–Kier alpha value is -3.01. The summed E-state index contributed by atoms with van der Waals surface area (Å²) in [6, 6.07) is 19.7. The maximum atomic E-state index is 12.6. The number of carbonyl (C=O) groups is 1. The van der Waals surface area contributed by atoms with E-state index in [0.29, 0.717) is 16.2 Å². The number of rotatable bonds is 5. The van der Waals surface area contributed by atoms with Crippen molar-refractivity contribution >= 4 is 17.1 Å². The molecule has 0 aliphatic heterocycles. The van der Waals surface area contributed by atoms with Crippen molar-refractivity contribution in [3.63, 3.8) is 0 Å². The zero-order valence-corrected chi connectivity index (χ0v) is 16.7. The Kier molecular flexibility index (Phi) is 5.88. The third-order valence-corrected chi connectivity index (χ3v) is 5.50. The van der Waals surface area contributed by atoms with E-state index in [9.17, 15) is 14.6 Å². The molecule has 3 aromatic rings. The van der Waals surface area contributed by atoms with Crippen LogP contribution in [0.15, 0.2) is 59.6 Å². The lowest BCUT2D eigenvalue weighted by Gasteiger charge is -2.09. The minimum absolute atomic E-state index is 0.211. The van der Waals surface area contributed by atoms with Crippen molar-refractivity contribution in [2.24, 2.45) is 7.05 Å². The molecule has 5 nitrogen and oxygen atoms in total. The van der Waals surface area contributed by atoms with Crippen LogP contribution < -0.4 is 0 Å². The lowest BCUT2D eigenvalue weighted by Crippen LogP contribution is -2.14. The van der Waals surface area contributed by atoms with Gasteiger partial charge in [-0.05, 0) is 23.6 Å². The number of benzene rings is 2. The minimum Gasteiger partial charge on any atom is -0.610 e. The Bertz CT molecular complexity index is 1030. The van der Waals surface area contributed by atoms with Crippen molar-refractivity contribution < 1.29 is 14.1 Å². The van der Waals surface area contributed by atoms with E-state index in [4.69, 9.17) is 4.74 Å². The number of carbonyl (C=O) groups excluding carboxylic acids is 1. The highest BCUT2D eigenvalue weighted by molar-refractivity contribution is 7.90. The lowest BCUT2D eigenvalue weighted by molar-refractivity contribution is 0.0515. The standard InChI is InChI=1S/C22H20N2O3S/c1-4-27-22(25)20-19(18(14-23)21(24(20)2)28(3)26)17-12-10-16(11-13-17)15-8-6-5-7-9-15/h5-13H,4H2,1-3H3. The quantitative estimate of drug-likeness (QED) is 0.483. The summed E-state index contributed by atoms with van der Waals surface area (Å²) in [7, 11) is 1.63. The average molecular weight is 392 g/mol. The molecule has 1 atom stereocenters. The topological polar surface area (TPSA) is 78.1 Å².